The summed E-state index contributed by atoms with van der Waals surface area (Å²) in [5.74, 6) is 1.23. The first-order valence-electron chi connectivity index (χ1n) is 6.37. The number of hydrogen-bond acceptors (Lipinski definition) is 6. The van der Waals surface area contributed by atoms with E-state index in [4.69, 9.17) is 5.73 Å². The van der Waals surface area contributed by atoms with Crippen molar-refractivity contribution in [2.24, 2.45) is 0 Å². The summed E-state index contributed by atoms with van der Waals surface area (Å²) in [5, 5.41) is 6.32. The van der Waals surface area contributed by atoms with E-state index in [0.717, 1.165) is 5.69 Å². The van der Waals surface area contributed by atoms with E-state index < -0.39 is 0 Å². The van der Waals surface area contributed by atoms with Gasteiger partial charge in [0.05, 0.1) is 6.04 Å². The minimum absolute atomic E-state index is 0.0328. The summed E-state index contributed by atoms with van der Waals surface area (Å²) < 4.78 is 0. The Labute approximate surface area is 118 Å². The van der Waals surface area contributed by atoms with Crippen molar-refractivity contribution in [1.29, 1.82) is 0 Å². The predicted molar refractivity (Wildman–Crippen MR) is 80.6 cm³/mol. The third-order valence-corrected chi connectivity index (χ3v) is 2.66. The number of nitrogens with one attached hydrogen (secondary N) is 2. The molecule has 1 aromatic heterocycles. The first-order valence-corrected chi connectivity index (χ1v) is 6.37. The van der Waals surface area contributed by atoms with Gasteiger partial charge in [0.25, 0.3) is 0 Å². The predicted octanol–water partition coefficient (Wildman–Crippen LogP) is 2.03. The topological polar surface area (TPSA) is 88.8 Å². The molecule has 1 aromatic carbocycles. The minimum atomic E-state index is -0.0328. The van der Waals surface area contributed by atoms with Crippen LogP contribution in [-0.4, -0.2) is 21.5 Å². The molecule has 0 spiro atoms. The number of nitrogen functional groups attached to an aromatic ring is 1. The van der Waals surface area contributed by atoms with Gasteiger partial charge in [0.2, 0.25) is 11.9 Å². The molecule has 1 unspecified atom stereocenters. The molecule has 6 nitrogen and oxygen atoms in total. The molecule has 4 N–H and O–H groups in total. The van der Waals surface area contributed by atoms with Gasteiger partial charge in [-0.3, -0.25) is 0 Å². The Hall–Kier alpha value is -2.47. The van der Waals surface area contributed by atoms with Crippen molar-refractivity contribution >= 4 is 17.6 Å². The zero-order chi connectivity index (χ0) is 14.4. The Kier molecular flexibility index (Phi) is 4.62. The Morgan fingerprint density at radius 3 is 2.70 bits per heavy atom. The molecule has 0 aliphatic rings. The fraction of sp³-hybridized carbons (Fsp3) is 0.214. The van der Waals surface area contributed by atoms with Crippen LogP contribution in [-0.2, 0) is 0 Å². The molecule has 1 heterocycles. The highest BCUT2D eigenvalue weighted by molar-refractivity contribution is 5.53. The molecule has 6 heteroatoms. The van der Waals surface area contributed by atoms with Crippen LogP contribution in [0.4, 0.5) is 17.6 Å². The van der Waals surface area contributed by atoms with Crippen molar-refractivity contribution in [2.45, 2.75) is 13.0 Å². The molecule has 0 saturated heterocycles. The summed E-state index contributed by atoms with van der Waals surface area (Å²) in [7, 11) is 0. The molecule has 2 aromatic rings. The number of nitrogens with two attached hydrogens (primary N) is 1. The van der Waals surface area contributed by atoms with E-state index in [1.165, 1.54) is 0 Å². The minimum Gasteiger partial charge on any atom is -0.368 e. The van der Waals surface area contributed by atoms with Crippen LogP contribution in [0.3, 0.4) is 0 Å². The highest BCUT2D eigenvalue weighted by Gasteiger charge is 2.11. The first kappa shape index (κ1) is 14.0. The molecule has 2 rings (SSSR count). The van der Waals surface area contributed by atoms with Gasteiger partial charge in [0, 0.05) is 12.2 Å². The van der Waals surface area contributed by atoms with E-state index in [-0.39, 0.29) is 12.0 Å². The Bertz CT molecular complexity index is 569. The lowest BCUT2D eigenvalue weighted by molar-refractivity contribution is 0.581. The van der Waals surface area contributed by atoms with Gasteiger partial charge in [-0.25, -0.2) is 0 Å². The molecular formula is C14H18N6. The van der Waals surface area contributed by atoms with Crippen LogP contribution in [0.5, 0.6) is 0 Å². The standard InChI is InChI=1S/C14H18N6/c1-3-9-16-10(2)12-18-13(15)20-14(19-12)17-11-7-5-4-6-8-11/h3-8,10,16H,1,9H2,2H3,(H3,15,17,18,19,20). The monoisotopic (exact) mass is 270 g/mol. The number of anilines is 3. The van der Waals surface area contributed by atoms with Gasteiger partial charge in [-0.15, -0.1) is 6.58 Å². The van der Waals surface area contributed by atoms with Crippen LogP contribution in [0.25, 0.3) is 0 Å². The molecule has 0 aliphatic carbocycles. The fourth-order valence-electron chi connectivity index (χ4n) is 1.66. The number of nitrogens with zero attached hydrogens (tertiary/aromatic N) is 3. The van der Waals surface area contributed by atoms with Crippen LogP contribution in [0, 0.1) is 0 Å². The molecule has 0 fully saturated rings. The second-order valence-corrected chi connectivity index (χ2v) is 4.29. The summed E-state index contributed by atoms with van der Waals surface area (Å²) in [6.07, 6.45) is 1.78. The van der Waals surface area contributed by atoms with Crippen LogP contribution in [0.1, 0.15) is 18.8 Å². The molecule has 0 aliphatic heterocycles. The molecule has 0 bridgehead atoms. The quantitative estimate of drug-likeness (QED) is 0.696. The van der Waals surface area contributed by atoms with Crippen molar-refractivity contribution < 1.29 is 0 Å². The normalized spacial score (nSPS) is 11.8. The molecule has 1 atom stereocenters. The summed E-state index contributed by atoms with van der Waals surface area (Å²) >= 11 is 0. The molecule has 20 heavy (non-hydrogen) atoms. The lowest BCUT2D eigenvalue weighted by Crippen LogP contribution is -2.22. The number of hydrogen-bond donors (Lipinski definition) is 3. The summed E-state index contributed by atoms with van der Waals surface area (Å²) in [5.41, 5.74) is 6.63. The zero-order valence-electron chi connectivity index (χ0n) is 11.4. The fourth-order valence-corrected chi connectivity index (χ4v) is 1.66. The van der Waals surface area contributed by atoms with Crippen LogP contribution >= 0.6 is 0 Å². The van der Waals surface area contributed by atoms with Crippen LogP contribution in [0.2, 0.25) is 0 Å². The second kappa shape index (κ2) is 6.63. The zero-order valence-corrected chi connectivity index (χ0v) is 11.4. The SMILES string of the molecule is C=CCNC(C)c1nc(N)nc(Nc2ccccc2)n1. The number of benzene rings is 1. The maximum atomic E-state index is 5.73. The van der Waals surface area contributed by atoms with Gasteiger partial charge in [0.1, 0.15) is 0 Å². The van der Waals surface area contributed by atoms with Gasteiger partial charge in [0.15, 0.2) is 5.82 Å². The van der Waals surface area contributed by atoms with Crippen molar-refractivity contribution in [2.75, 3.05) is 17.6 Å². The molecule has 104 valence electrons. The first-order chi connectivity index (χ1) is 9.69. The highest BCUT2D eigenvalue weighted by Crippen LogP contribution is 2.15. The van der Waals surface area contributed by atoms with Gasteiger partial charge in [-0.1, -0.05) is 24.3 Å². The van der Waals surface area contributed by atoms with Crippen molar-refractivity contribution in [3.8, 4) is 0 Å². The Morgan fingerprint density at radius 2 is 2.00 bits per heavy atom. The van der Waals surface area contributed by atoms with E-state index in [9.17, 15) is 0 Å². The van der Waals surface area contributed by atoms with Gasteiger partial charge in [-0.05, 0) is 19.1 Å². The average molecular weight is 270 g/mol. The van der Waals surface area contributed by atoms with Gasteiger partial charge >= 0.3 is 0 Å². The maximum absolute atomic E-state index is 5.73. The van der Waals surface area contributed by atoms with Crippen LogP contribution < -0.4 is 16.4 Å². The van der Waals surface area contributed by atoms with E-state index in [1.807, 2.05) is 37.3 Å². The summed E-state index contributed by atoms with van der Waals surface area (Å²) in [6, 6.07) is 9.64. The van der Waals surface area contributed by atoms with E-state index in [2.05, 4.69) is 32.2 Å². The lowest BCUT2D eigenvalue weighted by Gasteiger charge is -2.12. The Balaban J connectivity index is 2.18. The third kappa shape index (κ3) is 3.76. The largest absolute Gasteiger partial charge is 0.368 e. The van der Waals surface area contributed by atoms with Crippen molar-refractivity contribution in [3.63, 3.8) is 0 Å². The van der Waals surface area contributed by atoms with Crippen LogP contribution in [0.15, 0.2) is 43.0 Å². The van der Waals surface area contributed by atoms with Gasteiger partial charge < -0.3 is 16.4 Å². The third-order valence-electron chi connectivity index (χ3n) is 2.66. The Morgan fingerprint density at radius 1 is 1.25 bits per heavy atom. The number of para-hydroxylation sites is 1. The molecule has 0 radical (unpaired) electrons. The highest BCUT2D eigenvalue weighted by atomic mass is 15.2. The van der Waals surface area contributed by atoms with E-state index >= 15 is 0 Å². The van der Waals surface area contributed by atoms with Crippen molar-refractivity contribution in [3.05, 3.63) is 48.8 Å². The number of aromatic nitrogens is 3. The molecule has 0 saturated carbocycles. The average Bonchev–Trinajstić information content (AvgIpc) is 2.45. The second-order valence-electron chi connectivity index (χ2n) is 4.29. The molecular weight excluding hydrogens is 252 g/mol. The maximum Gasteiger partial charge on any atom is 0.232 e. The summed E-state index contributed by atoms with van der Waals surface area (Å²) in [4.78, 5) is 12.6. The number of rotatable bonds is 6. The van der Waals surface area contributed by atoms with Crippen molar-refractivity contribution in [1.82, 2.24) is 20.3 Å². The smallest absolute Gasteiger partial charge is 0.232 e. The summed E-state index contributed by atoms with van der Waals surface area (Å²) in [6.45, 7) is 6.30. The lowest BCUT2D eigenvalue weighted by atomic mass is 10.3. The van der Waals surface area contributed by atoms with Gasteiger partial charge in [-0.2, -0.15) is 15.0 Å². The van der Waals surface area contributed by atoms with E-state index in [1.54, 1.807) is 6.08 Å². The molecule has 0 amide bonds. The van der Waals surface area contributed by atoms with E-state index in [0.29, 0.717) is 18.3 Å².